The molecule has 3 nitrogen and oxygen atoms in total. The van der Waals surface area contributed by atoms with E-state index in [2.05, 4.69) is 23.1 Å². The zero-order valence-corrected chi connectivity index (χ0v) is 16.4. The topological polar surface area (TPSA) is 46.3 Å². The number of carbonyl (C=O) groups is 1. The van der Waals surface area contributed by atoms with Crippen LogP contribution >= 0.6 is 11.6 Å². The number of benzene rings is 2. The zero-order valence-electron chi connectivity index (χ0n) is 15.7. The molecule has 0 unspecified atom stereocenters. The van der Waals surface area contributed by atoms with Crippen LogP contribution in [0.4, 0.5) is 10.1 Å². The van der Waals surface area contributed by atoms with Gasteiger partial charge in [-0.2, -0.15) is 0 Å². The summed E-state index contributed by atoms with van der Waals surface area (Å²) in [5.74, 6) is 0.124. The summed E-state index contributed by atoms with van der Waals surface area (Å²) in [5.41, 5.74) is 8.83. The maximum absolute atomic E-state index is 13.1. The molecule has 0 radical (unpaired) electrons. The highest BCUT2D eigenvalue weighted by Gasteiger charge is 2.21. The fourth-order valence-corrected chi connectivity index (χ4v) is 3.93. The highest BCUT2D eigenvalue weighted by atomic mass is 35.5. The maximum Gasteiger partial charge on any atom is 0.164 e. The Kier molecular flexibility index (Phi) is 6.51. The summed E-state index contributed by atoms with van der Waals surface area (Å²) in [6, 6.07) is 10.3. The molecule has 0 spiro atoms. The van der Waals surface area contributed by atoms with Crippen molar-refractivity contribution >= 4 is 23.1 Å². The van der Waals surface area contributed by atoms with Crippen molar-refractivity contribution in [2.24, 2.45) is 0 Å². The third-order valence-corrected chi connectivity index (χ3v) is 5.85. The number of hydrogen-bond acceptors (Lipinski definition) is 3. The average Bonchev–Trinajstić information content (AvgIpc) is 2.64. The van der Waals surface area contributed by atoms with Crippen molar-refractivity contribution in [1.29, 1.82) is 0 Å². The summed E-state index contributed by atoms with van der Waals surface area (Å²) in [5, 5.41) is 0.841. The third kappa shape index (κ3) is 5.08. The molecule has 2 N–H and O–H groups in total. The molecule has 2 aromatic carbocycles. The Morgan fingerprint density at radius 1 is 1.22 bits per heavy atom. The summed E-state index contributed by atoms with van der Waals surface area (Å²) in [6.45, 7) is 4.98. The minimum absolute atomic E-state index is 0.0170. The number of nitrogen functional groups attached to an aromatic ring is 1. The molecule has 1 saturated heterocycles. The van der Waals surface area contributed by atoms with E-state index in [-0.39, 0.29) is 11.5 Å². The van der Waals surface area contributed by atoms with Crippen molar-refractivity contribution in [1.82, 2.24) is 4.90 Å². The van der Waals surface area contributed by atoms with Gasteiger partial charge >= 0.3 is 0 Å². The molecule has 144 valence electrons. The van der Waals surface area contributed by atoms with Crippen molar-refractivity contribution in [2.45, 2.75) is 38.5 Å². The van der Waals surface area contributed by atoms with Crippen LogP contribution in [0.2, 0.25) is 5.02 Å². The molecule has 0 atom stereocenters. The van der Waals surface area contributed by atoms with E-state index < -0.39 is 5.82 Å². The first kappa shape index (κ1) is 19.8. The number of halogens is 2. The first-order valence-corrected chi connectivity index (χ1v) is 9.88. The number of nitrogens with two attached hydrogens (primary N) is 1. The van der Waals surface area contributed by atoms with Gasteiger partial charge in [-0.05, 0) is 87.1 Å². The molecule has 2 aromatic rings. The van der Waals surface area contributed by atoms with E-state index in [1.54, 1.807) is 0 Å². The average molecular weight is 389 g/mol. The van der Waals surface area contributed by atoms with Crippen molar-refractivity contribution in [3.05, 3.63) is 63.9 Å². The lowest BCUT2D eigenvalue weighted by molar-refractivity contribution is 0.0973. The SMILES string of the molecule is Cc1ccc(C2CCN(CCCC(=O)c3ccc(F)cc3N)CC2)cc1Cl. The smallest absolute Gasteiger partial charge is 0.164 e. The zero-order chi connectivity index (χ0) is 19.4. The normalized spacial score (nSPS) is 15.8. The second-order valence-electron chi connectivity index (χ2n) is 7.38. The van der Waals surface area contributed by atoms with E-state index >= 15 is 0 Å². The minimum atomic E-state index is -0.415. The molecule has 0 saturated carbocycles. The first-order valence-electron chi connectivity index (χ1n) is 9.50. The van der Waals surface area contributed by atoms with Gasteiger partial charge in [0, 0.05) is 22.7 Å². The predicted molar refractivity (Wildman–Crippen MR) is 109 cm³/mol. The van der Waals surface area contributed by atoms with Crippen LogP contribution in [-0.4, -0.2) is 30.3 Å². The Hall–Kier alpha value is -1.91. The van der Waals surface area contributed by atoms with Gasteiger partial charge < -0.3 is 10.6 Å². The van der Waals surface area contributed by atoms with Gasteiger partial charge in [0.15, 0.2) is 5.78 Å². The van der Waals surface area contributed by atoms with Gasteiger partial charge in [-0.1, -0.05) is 23.7 Å². The fourth-order valence-electron chi connectivity index (χ4n) is 3.74. The van der Waals surface area contributed by atoms with Gasteiger partial charge in [0.05, 0.1) is 0 Å². The molecule has 1 fully saturated rings. The Morgan fingerprint density at radius 2 is 1.96 bits per heavy atom. The van der Waals surface area contributed by atoms with E-state index in [4.69, 9.17) is 17.3 Å². The van der Waals surface area contributed by atoms with Gasteiger partial charge in [-0.25, -0.2) is 4.39 Å². The lowest BCUT2D eigenvalue weighted by atomic mass is 9.89. The van der Waals surface area contributed by atoms with Crippen LogP contribution in [0.1, 0.15) is 53.1 Å². The number of anilines is 1. The lowest BCUT2D eigenvalue weighted by Crippen LogP contribution is -2.33. The van der Waals surface area contributed by atoms with Crippen LogP contribution in [0, 0.1) is 12.7 Å². The minimum Gasteiger partial charge on any atom is -0.398 e. The van der Waals surface area contributed by atoms with Crippen LogP contribution < -0.4 is 5.73 Å². The number of rotatable bonds is 6. The van der Waals surface area contributed by atoms with Crippen LogP contribution in [0.25, 0.3) is 0 Å². The highest BCUT2D eigenvalue weighted by molar-refractivity contribution is 6.31. The molecule has 1 aliphatic rings. The number of ketones is 1. The van der Waals surface area contributed by atoms with E-state index in [0.29, 0.717) is 17.9 Å². The predicted octanol–water partition coefficient (Wildman–Crippen LogP) is 5.21. The van der Waals surface area contributed by atoms with Gasteiger partial charge in [0.2, 0.25) is 0 Å². The van der Waals surface area contributed by atoms with E-state index in [9.17, 15) is 9.18 Å². The molecule has 0 aliphatic carbocycles. The fraction of sp³-hybridized carbons (Fsp3) is 0.409. The number of nitrogens with zero attached hydrogens (tertiary/aromatic N) is 1. The number of carbonyl (C=O) groups excluding carboxylic acids is 1. The first-order chi connectivity index (χ1) is 12.9. The molecule has 3 rings (SSSR count). The molecule has 1 aliphatic heterocycles. The number of Topliss-reactive ketones (excluding diaryl/α,β-unsaturated/α-hetero) is 1. The molecule has 0 amide bonds. The summed E-state index contributed by atoms with van der Waals surface area (Å²) in [4.78, 5) is 14.7. The van der Waals surface area contributed by atoms with Crippen molar-refractivity contribution in [3.8, 4) is 0 Å². The number of aryl methyl sites for hydroxylation is 1. The molecule has 0 bridgehead atoms. The number of likely N-dealkylation sites (tertiary alicyclic amines) is 1. The Labute approximate surface area is 165 Å². The maximum atomic E-state index is 13.1. The lowest BCUT2D eigenvalue weighted by Gasteiger charge is -2.32. The molecule has 0 aromatic heterocycles. The molecular formula is C22H26ClFN2O. The van der Waals surface area contributed by atoms with Gasteiger partial charge in [0.25, 0.3) is 0 Å². The van der Waals surface area contributed by atoms with E-state index in [1.165, 1.54) is 23.8 Å². The van der Waals surface area contributed by atoms with E-state index in [1.807, 2.05) is 6.92 Å². The third-order valence-electron chi connectivity index (χ3n) is 5.45. The molecule has 1 heterocycles. The van der Waals surface area contributed by atoms with Gasteiger partial charge in [-0.3, -0.25) is 4.79 Å². The summed E-state index contributed by atoms with van der Waals surface area (Å²) >= 11 is 6.26. The highest BCUT2D eigenvalue weighted by Crippen LogP contribution is 2.30. The number of piperidine rings is 1. The quantitative estimate of drug-likeness (QED) is 0.545. The molecular weight excluding hydrogens is 363 g/mol. The second-order valence-corrected chi connectivity index (χ2v) is 7.79. The van der Waals surface area contributed by atoms with Crippen LogP contribution in [-0.2, 0) is 0 Å². The second kappa shape index (κ2) is 8.85. The Balaban J connectivity index is 1.44. The molecule has 27 heavy (non-hydrogen) atoms. The monoisotopic (exact) mass is 388 g/mol. The van der Waals surface area contributed by atoms with Gasteiger partial charge in [0.1, 0.15) is 5.82 Å². The summed E-state index contributed by atoms with van der Waals surface area (Å²) < 4.78 is 13.1. The van der Waals surface area contributed by atoms with Crippen molar-refractivity contribution in [3.63, 3.8) is 0 Å². The van der Waals surface area contributed by atoms with Crippen LogP contribution in [0.15, 0.2) is 36.4 Å². The Bertz CT molecular complexity index is 816. The van der Waals surface area contributed by atoms with Crippen molar-refractivity contribution < 1.29 is 9.18 Å². The van der Waals surface area contributed by atoms with Crippen LogP contribution in [0.5, 0.6) is 0 Å². The van der Waals surface area contributed by atoms with Crippen molar-refractivity contribution in [2.75, 3.05) is 25.4 Å². The summed E-state index contributed by atoms with van der Waals surface area (Å²) in [6.07, 6.45) is 3.44. The largest absolute Gasteiger partial charge is 0.398 e. The number of hydrogen-bond donors (Lipinski definition) is 1. The summed E-state index contributed by atoms with van der Waals surface area (Å²) in [7, 11) is 0. The van der Waals surface area contributed by atoms with E-state index in [0.717, 1.165) is 49.5 Å². The van der Waals surface area contributed by atoms with Crippen LogP contribution in [0.3, 0.4) is 0 Å². The Morgan fingerprint density at radius 3 is 2.63 bits per heavy atom. The van der Waals surface area contributed by atoms with Gasteiger partial charge in [-0.15, -0.1) is 0 Å². The standard InChI is InChI=1S/C22H26ClFN2O/c1-15-4-5-17(13-20(15)23)16-8-11-26(12-9-16)10-2-3-22(27)19-7-6-18(24)14-21(19)25/h4-7,13-14,16H,2-3,8-12,25H2,1H3. The molecule has 5 heteroatoms.